The summed E-state index contributed by atoms with van der Waals surface area (Å²) in [4.78, 5) is 2.40. The molecule has 300 valence electrons. The number of rotatable bonds is 7. The molecular weight excluding hydrogens is 795 g/mol. The van der Waals surface area contributed by atoms with Gasteiger partial charge in [-0.2, -0.15) is 0 Å². The van der Waals surface area contributed by atoms with Crippen LogP contribution in [-0.2, 0) is 0 Å². The summed E-state index contributed by atoms with van der Waals surface area (Å²) in [6.07, 6.45) is 0. The first-order valence-electron chi connectivity index (χ1n) is 21.8. The average molecular weight is 834 g/mol. The number of para-hydroxylation sites is 2. The maximum Gasteiger partial charge on any atom is 0.0541 e. The predicted molar refractivity (Wildman–Crippen MR) is 274 cm³/mol. The summed E-state index contributed by atoms with van der Waals surface area (Å²) in [5, 5.41) is 7.56. The van der Waals surface area contributed by atoms with Crippen LogP contribution in [0.2, 0.25) is 0 Å². The molecule has 0 aliphatic rings. The Morgan fingerprint density at radius 3 is 1.22 bits per heavy atom. The fraction of sp³-hybridized carbons (Fsp3) is 0. The molecule has 0 amide bonds. The van der Waals surface area contributed by atoms with E-state index in [1.54, 1.807) is 0 Å². The molecule has 13 aromatic rings. The molecule has 0 atom stereocenters. The molecule has 64 heavy (non-hydrogen) atoms. The molecule has 4 heteroatoms. The highest BCUT2D eigenvalue weighted by atomic mass is 32.1. The van der Waals surface area contributed by atoms with Gasteiger partial charge in [-0.3, -0.25) is 0 Å². The largest absolute Gasteiger partial charge is 0.310 e. The minimum Gasteiger partial charge on any atom is -0.310 e. The van der Waals surface area contributed by atoms with Gasteiger partial charge in [0.1, 0.15) is 0 Å². The summed E-state index contributed by atoms with van der Waals surface area (Å²) in [6.45, 7) is 0. The lowest BCUT2D eigenvalue weighted by Gasteiger charge is -2.26. The fourth-order valence-corrected chi connectivity index (χ4v) is 11.0. The van der Waals surface area contributed by atoms with Gasteiger partial charge in [0, 0.05) is 70.2 Å². The Balaban J connectivity index is 0.961. The maximum absolute atomic E-state index is 2.42. The molecular formula is C60H39N3S. The Morgan fingerprint density at radius 1 is 0.266 bits per heavy atom. The molecule has 0 aliphatic heterocycles. The second kappa shape index (κ2) is 14.7. The Labute approximate surface area is 374 Å². The van der Waals surface area contributed by atoms with Gasteiger partial charge in [0.05, 0.1) is 22.1 Å². The molecule has 0 bridgehead atoms. The summed E-state index contributed by atoms with van der Waals surface area (Å²) in [5.74, 6) is 0. The Hall–Kier alpha value is -8.18. The van der Waals surface area contributed by atoms with E-state index in [9.17, 15) is 0 Å². The Morgan fingerprint density at radius 2 is 0.688 bits per heavy atom. The van der Waals surface area contributed by atoms with Crippen molar-refractivity contribution in [2.24, 2.45) is 0 Å². The van der Waals surface area contributed by atoms with E-state index < -0.39 is 0 Å². The number of aromatic nitrogens is 2. The van der Waals surface area contributed by atoms with Crippen molar-refractivity contribution >= 4 is 92.2 Å². The zero-order valence-electron chi connectivity index (χ0n) is 34.8. The lowest BCUT2D eigenvalue weighted by Crippen LogP contribution is -2.10. The molecule has 13 rings (SSSR count). The first kappa shape index (κ1) is 36.5. The van der Waals surface area contributed by atoms with Crippen LogP contribution < -0.4 is 4.90 Å². The highest BCUT2D eigenvalue weighted by molar-refractivity contribution is 7.25. The molecule has 10 aromatic carbocycles. The van der Waals surface area contributed by atoms with Crippen LogP contribution in [0.25, 0.3) is 97.4 Å². The topological polar surface area (TPSA) is 13.1 Å². The van der Waals surface area contributed by atoms with E-state index in [1.165, 1.54) is 86.0 Å². The van der Waals surface area contributed by atoms with Crippen LogP contribution in [0.1, 0.15) is 0 Å². The zero-order chi connectivity index (χ0) is 42.1. The minimum atomic E-state index is 1.09. The van der Waals surface area contributed by atoms with E-state index >= 15 is 0 Å². The first-order valence-corrected chi connectivity index (χ1v) is 22.6. The molecule has 0 saturated carbocycles. The van der Waals surface area contributed by atoms with Crippen molar-refractivity contribution in [2.45, 2.75) is 0 Å². The average Bonchev–Trinajstić information content (AvgIpc) is 4.02. The smallest absolute Gasteiger partial charge is 0.0541 e. The lowest BCUT2D eigenvalue weighted by molar-refractivity contribution is 1.17. The summed E-state index contributed by atoms with van der Waals surface area (Å²) in [6, 6.07) is 86.5. The van der Waals surface area contributed by atoms with E-state index in [-0.39, 0.29) is 0 Å². The van der Waals surface area contributed by atoms with Crippen molar-refractivity contribution < 1.29 is 0 Å². The van der Waals surface area contributed by atoms with Gasteiger partial charge in [-0.15, -0.1) is 11.3 Å². The molecule has 3 heterocycles. The third kappa shape index (κ3) is 5.88. The number of fused-ring (bicyclic) bond motifs is 9. The summed E-state index contributed by atoms with van der Waals surface area (Å²) >= 11 is 1.85. The number of thiophene rings is 1. The van der Waals surface area contributed by atoms with Gasteiger partial charge in [0.25, 0.3) is 0 Å². The quantitative estimate of drug-likeness (QED) is 0.156. The zero-order valence-corrected chi connectivity index (χ0v) is 35.6. The fourth-order valence-electron chi connectivity index (χ4n) is 9.92. The van der Waals surface area contributed by atoms with Gasteiger partial charge in [-0.25, -0.2) is 0 Å². The van der Waals surface area contributed by atoms with Crippen molar-refractivity contribution in [3.8, 4) is 33.6 Å². The third-order valence-corrected chi connectivity index (χ3v) is 14.1. The number of hydrogen-bond acceptors (Lipinski definition) is 2. The van der Waals surface area contributed by atoms with Gasteiger partial charge >= 0.3 is 0 Å². The van der Waals surface area contributed by atoms with Crippen molar-refractivity contribution in [3.05, 3.63) is 237 Å². The molecule has 0 unspecified atom stereocenters. The normalized spacial score (nSPS) is 11.8. The molecule has 0 aliphatic carbocycles. The standard InChI is InChI=1S/C60H39N3S/c1-3-13-40(14-4-1)42-23-34-57-52(37-42)53-38-43(41-15-5-2-6-16-41)24-35-58(53)63(57)47-31-27-45(28-32-47)61(48-33-36-60-54(39-48)51-19-9-12-22-59(51)64-60)44-25-29-46(30-26-44)62-55-20-10-7-17-49(55)50-18-8-11-21-56(50)62/h1-39H. The van der Waals surface area contributed by atoms with Gasteiger partial charge in [0.15, 0.2) is 0 Å². The Kier molecular flexibility index (Phi) is 8.40. The van der Waals surface area contributed by atoms with Crippen molar-refractivity contribution in [1.29, 1.82) is 0 Å². The van der Waals surface area contributed by atoms with E-state index in [4.69, 9.17) is 0 Å². The predicted octanol–water partition coefficient (Wildman–Crippen LogP) is 17.1. The minimum absolute atomic E-state index is 1.09. The molecule has 3 aromatic heterocycles. The van der Waals surface area contributed by atoms with Gasteiger partial charge in [0.2, 0.25) is 0 Å². The number of nitrogens with zero attached hydrogens (tertiary/aromatic N) is 3. The second-order valence-corrected chi connectivity index (χ2v) is 17.6. The molecule has 0 N–H and O–H groups in total. The van der Waals surface area contributed by atoms with Crippen molar-refractivity contribution in [1.82, 2.24) is 9.13 Å². The van der Waals surface area contributed by atoms with Crippen LogP contribution in [0.3, 0.4) is 0 Å². The highest BCUT2D eigenvalue weighted by Gasteiger charge is 2.19. The summed E-state index contributed by atoms with van der Waals surface area (Å²) in [7, 11) is 0. The number of anilines is 3. The van der Waals surface area contributed by atoms with E-state index in [0.29, 0.717) is 0 Å². The summed E-state index contributed by atoms with van der Waals surface area (Å²) < 4.78 is 7.40. The van der Waals surface area contributed by atoms with Crippen LogP contribution in [0.15, 0.2) is 237 Å². The Bertz CT molecular complexity index is 3730. The summed E-state index contributed by atoms with van der Waals surface area (Å²) in [5.41, 5.74) is 15.2. The highest BCUT2D eigenvalue weighted by Crippen LogP contribution is 2.43. The van der Waals surface area contributed by atoms with Crippen molar-refractivity contribution in [3.63, 3.8) is 0 Å². The van der Waals surface area contributed by atoms with Gasteiger partial charge in [-0.1, -0.05) is 127 Å². The second-order valence-electron chi connectivity index (χ2n) is 16.5. The third-order valence-electron chi connectivity index (χ3n) is 12.9. The number of hydrogen-bond donors (Lipinski definition) is 0. The molecule has 0 radical (unpaired) electrons. The monoisotopic (exact) mass is 833 g/mol. The molecule has 0 fully saturated rings. The van der Waals surface area contributed by atoms with Crippen LogP contribution in [0.4, 0.5) is 17.1 Å². The van der Waals surface area contributed by atoms with Crippen LogP contribution in [-0.4, -0.2) is 9.13 Å². The van der Waals surface area contributed by atoms with Gasteiger partial charge < -0.3 is 14.0 Å². The lowest BCUT2D eigenvalue weighted by atomic mass is 10.0. The van der Waals surface area contributed by atoms with E-state index in [0.717, 1.165) is 28.4 Å². The van der Waals surface area contributed by atoms with E-state index in [1.807, 2.05) is 11.3 Å². The van der Waals surface area contributed by atoms with Gasteiger partial charge in [-0.05, 0) is 131 Å². The van der Waals surface area contributed by atoms with Crippen molar-refractivity contribution in [2.75, 3.05) is 4.90 Å². The molecule has 3 nitrogen and oxygen atoms in total. The molecule has 0 saturated heterocycles. The SMILES string of the molecule is c1ccc(-c2ccc3c(c2)c2cc(-c4ccccc4)ccc2n3-c2ccc(N(c3ccc(-n4c5ccccc5c5ccccc54)cc3)c3ccc4sc5ccccc5c4c3)cc2)cc1. The first-order chi connectivity index (χ1) is 31.7. The van der Waals surface area contributed by atoms with Crippen LogP contribution >= 0.6 is 11.3 Å². The maximum atomic E-state index is 2.42. The van der Waals surface area contributed by atoms with E-state index in [2.05, 4.69) is 251 Å². The molecule has 0 spiro atoms. The van der Waals surface area contributed by atoms with Crippen LogP contribution in [0.5, 0.6) is 0 Å². The van der Waals surface area contributed by atoms with Crippen LogP contribution in [0, 0.1) is 0 Å². The number of benzene rings is 10.